The van der Waals surface area contributed by atoms with Crippen molar-refractivity contribution in [3.05, 3.63) is 72.0 Å². The summed E-state index contributed by atoms with van der Waals surface area (Å²) in [5.74, 6) is 1.94. The molecule has 0 saturated carbocycles. The molecule has 8 heteroatoms. The molecule has 0 fully saturated rings. The van der Waals surface area contributed by atoms with Crippen LogP contribution in [0.3, 0.4) is 0 Å². The van der Waals surface area contributed by atoms with Crippen LogP contribution >= 0.6 is 11.6 Å². The van der Waals surface area contributed by atoms with Crippen molar-refractivity contribution in [3.8, 4) is 22.5 Å². The molecular weight excluding hydrogens is 410 g/mol. The highest BCUT2D eigenvalue weighted by atomic mass is 35.5. The Bertz CT molecular complexity index is 1600. The van der Waals surface area contributed by atoms with Gasteiger partial charge in [-0.3, -0.25) is 9.38 Å². The molecule has 150 valence electrons. The topological polar surface area (TPSA) is 83.8 Å². The SMILES string of the molecule is CNc1nc2nnc(-c3cccc(-c4cnc5cc[nH]c5c4)c3)n2c2cc(Cl)ccc12. The monoisotopic (exact) mass is 425 g/mol. The average Bonchev–Trinajstić information content (AvgIpc) is 3.45. The van der Waals surface area contributed by atoms with Gasteiger partial charge in [-0.15, -0.1) is 10.2 Å². The van der Waals surface area contributed by atoms with Crippen molar-refractivity contribution in [3.63, 3.8) is 0 Å². The molecule has 0 spiro atoms. The maximum Gasteiger partial charge on any atom is 0.257 e. The normalized spacial score (nSPS) is 11.5. The zero-order chi connectivity index (χ0) is 20.9. The number of nitrogens with one attached hydrogen (secondary N) is 2. The molecule has 4 heterocycles. The van der Waals surface area contributed by atoms with E-state index in [1.165, 1.54) is 0 Å². The van der Waals surface area contributed by atoms with E-state index in [4.69, 9.17) is 11.6 Å². The predicted octanol–water partition coefficient (Wildman–Crippen LogP) is 5.18. The van der Waals surface area contributed by atoms with Gasteiger partial charge in [0.1, 0.15) is 5.82 Å². The van der Waals surface area contributed by atoms with Crippen LogP contribution in [0.4, 0.5) is 5.82 Å². The molecule has 0 saturated heterocycles. The van der Waals surface area contributed by atoms with Crippen LogP contribution in [0.2, 0.25) is 5.02 Å². The fraction of sp³-hybridized carbons (Fsp3) is 0.0435. The molecule has 0 atom stereocenters. The number of pyridine rings is 1. The molecule has 0 aliphatic rings. The van der Waals surface area contributed by atoms with Crippen LogP contribution in [0.1, 0.15) is 0 Å². The minimum absolute atomic E-state index is 0.508. The number of hydrogen-bond acceptors (Lipinski definition) is 5. The van der Waals surface area contributed by atoms with Crippen molar-refractivity contribution in [1.82, 2.24) is 29.5 Å². The smallest absolute Gasteiger partial charge is 0.257 e. The summed E-state index contributed by atoms with van der Waals surface area (Å²) in [7, 11) is 1.84. The lowest BCUT2D eigenvalue weighted by Crippen LogP contribution is -2.00. The van der Waals surface area contributed by atoms with E-state index < -0.39 is 0 Å². The van der Waals surface area contributed by atoms with Gasteiger partial charge in [0, 0.05) is 41.0 Å². The van der Waals surface area contributed by atoms with Gasteiger partial charge in [0.25, 0.3) is 5.78 Å². The van der Waals surface area contributed by atoms with Crippen molar-refractivity contribution < 1.29 is 0 Å². The molecule has 31 heavy (non-hydrogen) atoms. The number of aromatic nitrogens is 6. The van der Waals surface area contributed by atoms with Gasteiger partial charge in [-0.05, 0) is 42.0 Å². The zero-order valence-electron chi connectivity index (χ0n) is 16.5. The fourth-order valence-electron chi connectivity index (χ4n) is 3.93. The van der Waals surface area contributed by atoms with Gasteiger partial charge in [0.15, 0.2) is 5.82 Å². The zero-order valence-corrected chi connectivity index (χ0v) is 17.2. The number of fused-ring (bicyclic) bond motifs is 4. The summed E-state index contributed by atoms with van der Waals surface area (Å²) in [6.45, 7) is 0. The molecule has 0 amide bonds. The molecule has 2 aromatic carbocycles. The van der Waals surface area contributed by atoms with Gasteiger partial charge in [-0.25, -0.2) is 0 Å². The lowest BCUT2D eigenvalue weighted by atomic mass is 10.0. The first-order valence-electron chi connectivity index (χ1n) is 9.77. The standard InChI is InChI=1S/C23H16ClN7/c1-25-21-17-6-5-16(24)11-20(17)31-22(29-30-23(31)28-21)14-4-2-3-13(9-14)15-10-19-18(27-12-15)7-8-26-19/h2-12,26H,1H3,(H,25,28,30). The highest BCUT2D eigenvalue weighted by Gasteiger charge is 2.16. The Balaban J connectivity index is 1.57. The first-order valence-corrected chi connectivity index (χ1v) is 10.2. The molecule has 0 aliphatic carbocycles. The van der Waals surface area contributed by atoms with E-state index in [-0.39, 0.29) is 0 Å². The van der Waals surface area contributed by atoms with Crippen LogP contribution < -0.4 is 5.32 Å². The maximum absolute atomic E-state index is 6.32. The number of benzene rings is 2. The average molecular weight is 426 g/mol. The highest BCUT2D eigenvalue weighted by Crippen LogP contribution is 2.31. The minimum Gasteiger partial charge on any atom is -0.372 e. The number of hydrogen-bond donors (Lipinski definition) is 2. The first-order chi connectivity index (χ1) is 15.2. The Labute approximate surface area is 181 Å². The highest BCUT2D eigenvalue weighted by molar-refractivity contribution is 6.31. The van der Waals surface area contributed by atoms with Crippen LogP contribution in [0, 0.1) is 0 Å². The fourth-order valence-corrected chi connectivity index (χ4v) is 4.09. The molecule has 0 unspecified atom stereocenters. The Morgan fingerprint density at radius 3 is 2.77 bits per heavy atom. The largest absolute Gasteiger partial charge is 0.372 e. The van der Waals surface area contributed by atoms with Gasteiger partial charge in [-0.1, -0.05) is 29.8 Å². The summed E-state index contributed by atoms with van der Waals surface area (Å²) in [5.41, 5.74) is 5.83. The van der Waals surface area contributed by atoms with E-state index in [2.05, 4.69) is 48.7 Å². The van der Waals surface area contributed by atoms with E-state index in [1.807, 2.05) is 60.2 Å². The third kappa shape index (κ3) is 2.82. The van der Waals surface area contributed by atoms with Crippen LogP contribution in [-0.4, -0.2) is 36.6 Å². The van der Waals surface area contributed by atoms with Crippen LogP contribution in [0.5, 0.6) is 0 Å². The van der Waals surface area contributed by atoms with Crippen LogP contribution in [-0.2, 0) is 0 Å². The number of aromatic amines is 1. The minimum atomic E-state index is 0.508. The van der Waals surface area contributed by atoms with Crippen LogP contribution in [0.15, 0.2) is 67.0 Å². The summed E-state index contributed by atoms with van der Waals surface area (Å²) in [6, 6.07) is 17.9. The molecule has 0 radical (unpaired) electrons. The number of halogens is 1. The molecule has 6 rings (SSSR count). The molecule has 7 nitrogen and oxygen atoms in total. The molecule has 0 bridgehead atoms. The second kappa shape index (κ2) is 6.78. The van der Waals surface area contributed by atoms with Gasteiger partial charge in [0.2, 0.25) is 0 Å². The van der Waals surface area contributed by atoms with Gasteiger partial charge >= 0.3 is 0 Å². The lowest BCUT2D eigenvalue weighted by Gasteiger charge is -2.10. The summed E-state index contributed by atoms with van der Waals surface area (Å²) < 4.78 is 1.94. The third-order valence-corrected chi connectivity index (χ3v) is 5.64. The van der Waals surface area contributed by atoms with Gasteiger partial charge in [0.05, 0.1) is 16.6 Å². The summed E-state index contributed by atoms with van der Waals surface area (Å²) in [5, 5.41) is 13.5. The van der Waals surface area contributed by atoms with E-state index in [9.17, 15) is 0 Å². The van der Waals surface area contributed by atoms with Crippen molar-refractivity contribution in [2.24, 2.45) is 0 Å². The summed E-state index contributed by atoms with van der Waals surface area (Å²) in [6.07, 6.45) is 3.77. The molecule has 6 aromatic rings. The predicted molar refractivity (Wildman–Crippen MR) is 123 cm³/mol. The second-order valence-corrected chi connectivity index (χ2v) is 7.68. The molecule has 0 aliphatic heterocycles. The Kier molecular flexibility index (Phi) is 3.91. The Hall–Kier alpha value is -3.97. The van der Waals surface area contributed by atoms with Crippen molar-refractivity contribution in [2.45, 2.75) is 0 Å². The van der Waals surface area contributed by atoms with E-state index >= 15 is 0 Å². The third-order valence-electron chi connectivity index (χ3n) is 5.40. The van der Waals surface area contributed by atoms with Crippen molar-refractivity contribution >= 4 is 45.1 Å². The van der Waals surface area contributed by atoms with E-state index in [0.717, 1.165) is 44.4 Å². The second-order valence-electron chi connectivity index (χ2n) is 7.25. The summed E-state index contributed by atoms with van der Waals surface area (Å²) in [4.78, 5) is 12.4. The van der Waals surface area contributed by atoms with Crippen LogP contribution in [0.25, 0.3) is 50.2 Å². The van der Waals surface area contributed by atoms with E-state index in [0.29, 0.717) is 16.6 Å². The Morgan fingerprint density at radius 2 is 1.87 bits per heavy atom. The lowest BCUT2D eigenvalue weighted by molar-refractivity contribution is 1.10. The van der Waals surface area contributed by atoms with Crippen molar-refractivity contribution in [1.29, 1.82) is 0 Å². The van der Waals surface area contributed by atoms with Crippen molar-refractivity contribution in [2.75, 3.05) is 12.4 Å². The van der Waals surface area contributed by atoms with Gasteiger partial charge in [-0.2, -0.15) is 4.98 Å². The summed E-state index contributed by atoms with van der Waals surface area (Å²) >= 11 is 6.32. The maximum atomic E-state index is 6.32. The first kappa shape index (κ1) is 17.9. The number of rotatable bonds is 3. The Morgan fingerprint density at radius 1 is 0.968 bits per heavy atom. The van der Waals surface area contributed by atoms with E-state index in [1.54, 1.807) is 0 Å². The number of H-pyrrole nitrogens is 1. The number of anilines is 1. The molecule has 2 N–H and O–H groups in total. The molecular formula is C23H16ClN7. The van der Waals surface area contributed by atoms with Gasteiger partial charge < -0.3 is 10.3 Å². The quantitative estimate of drug-likeness (QED) is 0.408. The number of nitrogens with zero attached hydrogens (tertiary/aromatic N) is 5. The molecule has 4 aromatic heterocycles.